The van der Waals surface area contributed by atoms with Gasteiger partial charge in [0.05, 0.1) is 0 Å². The van der Waals surface area contributed by atoms with Crippen molar-refractivity contribution in [2.24, 2.45) is 0 Å². The Bertz CT molecular complexity index is 365. The molecule has 2 rings (SSSR count). The molecule has 0 unspecified atom stereocenters. The number of amides is 2. The van der Waals surface area contributed by atoms with E-state index in [0.717, 1.165) is 19.3 Å². The lowest BCUT2D eigenvalue weighted by Gasteiger charge is -2.51. The van der Waals surface area contributed by atoms with E-state index in [1.54, 1.807) is 0 Å². The molecule has 0 aromatic rings. The van der Waals surface area contributed by atoms with E-state index in [1.807, 2.05) is 18.7 Å². The highest BCUT2D eigenvalue weighted by Crippen LogP contribution is 2.42. The normalized spacial score (nSPS) is 25.5. The van der Waals surface area contributed by atoms with Crippen LogP contribution in [0.5, 0.6) is 0 Å². The molecule has 1 aliphatic carbocycles. The molecule has 2 fully saturated rings. The largest absolute Gasteiger partial charge is 0.342 e. The topological polar surface area (TPSA) is 49.4 Å². The maximum atomic E-state index is 13.0. The molecule has 2 amide bonds. The van der Waals surface area contributed by atoms with Crippen molar-refractivity contribution in [1.82, 2.24) is 10.2 Å². The van der Waals surface area contributed by atoms with Crippen molar-refractivity contribution < 1.29 is 9.59 Å². The van der Waals surface area contributed by atoms with E-state index in [1.165, 1.54) is 6.42 Å². The Hall–Kier alpha value is -1.06. The molecule has 0 radical (unpaired) electrons. The van der Waals surface area contributed by atoms with Crippen molar-refractivity contribution in [2.45, 2.75) is 76.8 Å². The summed E-state index contributed by atoms with van der Waals surface area (Å²) in [6, 6.07) is 0. The average Bonchev–Trinajstić information content (AvgIpc) is 2.49. The molecule has 4 nitrogen and oxygen atoms in total. The molecule has 19 heavy (non-hydrogen) atoms. The molecule has 4 heteroatoms. The summed E-state index contributed by atoms with van der Waals surface area (Å²) in [4.78, 5) is 27.0. The van der Waals surface area contributed by atoms with Gasteiger partial charge in [0, 0.05) is 18.5 Å². The summed E-state index contributed by atoms with van der Waals surface area (Å²) in [5.41, 5.74) is -0.648. The lowest BCUT2D eigenvalue weighted by Crippen LogP contribution is -2.63. The van der Waals surface area contributed by atoms with Crippen LogP contribution in [0.1, 0.15) is 65.7 Å². The fourth-order valence-corrected chi connectivity index (χ4v) is 3.54. The van der Waals surface area contributed by atoms with Crippen LogP contribution in [0.3, 0.4) is 0 Å². The van der Waals surface area contributed by atoms with Crippen LogP contribution in [0.15, 0.2) is 0 Å². The second-order valence-corrected chi connectivity index (χ2v) is 5.98. The Labute approximate surface area is 115 Å². The van der Waals surface area contributed by atoms with E-state index in [2.05, 4.69) is 12.2 Å². The van der Waals surface area contributed by atoms with Gasteiger partial charge in [-0.15, -0.1) is 0 Å². The van der Waals surface area contributed by atoms with Crippen LogP contribution in [0, 0.1) is 0 Å². The van der Waals surface area contributed by atoms with Gasteiger partial charge in [-0.3, -0.25) is 9.59 Å². The zero-order valence-corrected chi connectivity index (χ0v) is 12.4. The third-order valence-corrected chi connectivity index (χ3v) is 5.32. The molecular weight excluding hydrogens is 240 g/mol. The Morgan fingerprint density at radius 1 is 1.11 bits per heavy atom. The van der Waals surface area contributed by atoms with Gasteiger partial charge in [-0.05, 0) is 38.5 Å². The van der Waals surface area contributed by atoms with Gasteiger partial charge >= 0.3 is 0 Å². The van der Waals surface area contributed by atoms with E-state index < -0.39 is 5.54 Å². The third kappa shape index (κ3) is 2.15. The van der Waals surface area contributed by atoms with Crippen molar-refractivity contribution in [1.29, 1.82) is 0 Å². The van der Waals surface area contributed by atoms with E-state index in [0.29, 0.717) is 25.8 Å². The average molecular weight is 266 g/mol. The number of hydrogen-bond donors (Lipinski definition) is 1. The molecule has 108 valence electrons. The van der Waals surface area contributed by atoms with Crippen LogP contribution in [-0.2, 0) is 9.59 Å². The van der Waals surface area contributed by atoms with Gasteiger partial charge in [-0.1, -0.05) is 20.8 Å². The highest BCUT2D eigenvalue weighted by atomic mass is 16.2. The Morgan fingerprint density at radius 2 is 1.74 bits per heavy atom. The Morgan fingerprint density at radius 3 is 2.16 bits per heavy atom. The van der Waals surface area contributed by atoms with Crippen LogP contribution in [0.25, 0.3) is 0 Å². The maximum Gasteiger partial charge on any atom is 0.248 e. The minimum Gasteiger partial charge on any atom is -0.342 e. The standard InChI is InChI=1S/C15H26N2O2/c1-4-14(9-7-10-14)17-11-8-12(18)16-15(5-2,6-3)13(17)19/h4-11H2,1-3H3,(H,16,18). The summed E-state index contributed by atoms with van der Waals surface area (Å²) in [7, 11) is 0. The van der Waals surface area contributed by atoms with E-state index >= 15 is 0 Å². The summed E-state index contributed by atoms with van der Waals surface area (Å²) in [6.07, 6.45) is 6.16. The number of nitrogens with one attached hydrogen (secondary N) is 1. The lowest BCUT2D eigenvalue weighted by molar-refractivity contribution is -0.149. The minimum absolute atomic E-state index is 0.0186. The molecule has 1 heterocycles. The smallest absolute Gasteiger partial charge is 0.248 e. The van der Waals surface area contributed by atoms with Gasteiger partial charge in [0.15, 0.2) is 0 Å². The summed E-state index contributed by atoms with van der Waals surface area (Å²) in [6.45, 7) is 6.72. The molecule has 1 aliphatic heterocycles. The Kier molecular flexibility index (Phi) is 3.88. The van der Waals surface area contributed by atoms with E-state index in [9.17, 15) is 9.59 Å². The van der Waals surface area contributed by atoms with Crippen LogP contribution < -0.4 is 5.32 Å². The number of nitrogens with zero attached hydrogens (tertiary/aromatic N) is 1. The van der Waals surface area contributed by atoms with Crippen molar-refractivity contribution >= 4 is 11.8 Å². The second-order valence-electron chi connectivity index (χ2n) is 5.98. The molecular formula is C15H26N2O2. The summed E-state index contributed by atoms with van der Waals surface area (Å²) in [5.74, 6) is 0.162. The van der Waals surface area contributed by atoms with Crippen LogP contribution in [0.4, 0.5) is 0 Å². The predicted molar refractivity (Wildman–Crippen MR) is 74.7 cm³/mol. The first kappa shape index (κ1) is 14.4. The van der Waals surface area contributed by atoms with Gasteiger partial charge in [0.1, 0.15) is 5.54 Å². The van der Waals surface area contributed by atoms with Crippen molar-refractivity contribution in [3.05, 3.63) is 0 Å². The fraction of sp³-hybridized carbons (Fsp3) is 0.867. The molecule has 0 bridgehead atoms. The second kappa shape index (κ2) is 5.14. The molecule has 0 atom stereocenters. The SMILES string of the molecule is CCC1(CC)NC(=O)CCN(C2(CC)CCC2)C1=O. The molecule has 1 N–H and O–H groups in total. The van der Waals surface area contributed by atoms with Gasteiger partial charge in [0.25, 0.3) is 0 Å². The van der Waals surface area contributed by atoms with E-state index in [4.69, 9.17) is 0 Å². The quantitative estimate of drug-likeness (QED) is 0.848. The Balaban J connectivity index is 2.33. The zero-order valence-electron chi connectivity index (χ0n) is 12.4. The molecule has 1 saturated carbocycles. The maximum absolute atomic E-state index is 13.0. The summed E-state index contributed by atoms with van der Waals surface area (Å²) >= 11 is 0. The predicted octanol–water partition coefficient (Wildman–Crippen LogP) is 2.23. The van der Waals surface area contributed by atoms with Gasteiger partial charge < -0.3 is 10.2 Å². The van der Waals surface area contributed by atoms with Crippen LogP contribution in [0.2, 0.25) is 0 Å². The molecule has 1 saturated heterocycles. The summed E-state index contributed by atoms with van der Waals surface area (Å²) < 4.78 is 0. The highest BCUT2D eigenvalue weighted by molar-refractivity contribution is 5.94. The first-order chi connectivity index (χ1) is 9.03. The lowest BCUT2D eigenvalue weighted by atomic mass is 9.72. The third-order valence-electron chi connectivity index (χ3n) is 5.32. The first-order valence-corrected chi connectivity index (χ1v) is 7.66. The van der Waals surface area contributed by atoms with E-state index in [-0.39, 0.29) is 17.4 Å². The van der Waals surface area contributed by atoms with Gasteiger partial charge in [0.2, 0.25) is 11.8 Å². The molecule has 2 aliphatic rings. The number of carbonyl (C=O) groups is 2. The monoisotopic (exact) mass is 266 g/mol. The number of carbonyl (C=O) groups excluding carboxylic acids is 2. The zero-order chi connectivity index (χ0) is 14.1. The number of rotatable bonds is 4. The molecule has 0 aromatic carbocycles. The van der Waals surface area contributed by atoms with Gasteiger partial charge in [-0.25, -0.2) is 0 Å². The molecule has 0 spiro atoms. The minimum atomic E-state index is -0.675. The fourth-order valence-electron chi connectivity index (χ4n) is 3.54. The van der Waals surface area contributed by atoms with Crippen molar-refractivity contribution in [3.63, 3.8) is 0 Å². The van der Waals surface area contributed by atoms with Crippen LogP contribution in [-0.4, -0.2) is 34.3 Å². The van der Waals surface area contributed by atoms with Crippen molar-refractivity contribution in [3.8, 4) is 0 Å². The number of hydrogen-bond acceptors (Lipinski definition) is 2. The van der Waals surface area contributed by atoms with Gasteiger partial charge in [-0.2, -0.15) is 0 Å². The van der Waals surface area contributed by atoms with Crippen LogP contribution >= 0.6 is 0 Å². The first-order valence-electron chi connectivity index (χ1n) is 7.66. The molecule has 0 aromatic heterocycles. The summed E-state index contributed by atoms with van der Waals surface area (Å²) in [5, 5.41) is 2.99. The highest BCUT2D eigenvalue weighted by Gasteiger charge is 2.50. The van der Waals surface area contributed by atoms with Crippen molar-refractivity contribution in [2.75, 3.05) is 6.54 Å².